The average molecular weight is 263 g/mol. The van der Waals surface area contributed by atoms with Crippen LogP contribution in [0.5, 0.6) is 0 Å². The molecule has 0 aromatic rings. The van der Waals surface area contributed by atoms with E-state index >= 15 is 0 Å². The molecule has 1 heterocycles. The zero-order valence-corrected chi connectivity index (χ0v) is 10.8. The Kier molecular flexibility index (Phi) is 4.77. The maximum Gasteiger partial charge on any atom is 0.331 e. The van der Waals surface area contributed by atoms with Crippen molar-refractivity contribution in [3.8, 4) is 0 Å². The summed E-state index contributed by atoms with van der Waals surface area (Å²) in [6.07, 6.45) is 3.34. The minimum Gasteiger partial charge on any atom is -0.467 e. The number of rotatable bonds is 3. The fourth-order valence-electron chi connectivity index (χ4n) is 2.37. The minimum absolute atomic E-state index is 0. The Morgan fingerprint density at radius 1 is 1.29 bits per heavy atom. The van der Waals surface area contributed by atoms with Crippen LogP contribution in [0, 0.1) is 5.92 Å². The molecule has 0 spiro atoms. The SMILES string of the molecule is COC(=O)C1(NC(=O)C2CNC2)CCCC1.Cl. The van der Waals surface area contributed by atoms with Gasteiger partial charge >= 0.3 is 5.97 Å². The summed E-state index contributed by atoms with van der Waals surface area (Å²) in [5, 5.41) is 5.94. The van der Waals surface area contributed by atoms with E-state index in [2.05, 4.69) is 10.6 Å². The molecular weight excluding hydrogens is 244 g/mol. The summed E-state index contributed by atoms with van der Waals surface area (Å²) in [5.41, 5.74) is -0.749. The van der Waals surface area contributed by atoms with E-state index < -0.39 is 5.54 Å². The molecule has 0 radical (unpaired) electrons. The molecule has 5 nitrogen and oxygen atoms in total. The van der Waals surface area contributed by atoms with Crippen LogP contribution in [-0.2, 0) is 14.3 Å². The highest BCUT2D eigenvalue weighted by Crippen LogP contribution is 2.31. The van der Waals surface area contributed by atoms with Crippen molar-refractivity contribution in [1.82, 2.24) is 10.6 Å². The van der Waals surface area contributed by atoms with Gasteiger partial charge in [0, 0.05) is 13.1 Å². The lowest BCUT2D eigenvalue weighted by molar-refractivity contribution is -0.151. The Morgan fingerprint density at radius 3 is 2.29 bits per heavy atom. The molecule has 0 aromatic heterocycles. The van der Waals surface area contributed by atoms with Crippen LogP contribution in [0.2, 0.25) is 0 Å². The smallest absolute Gasteiger partial charge is 0.331 e. The maximum atomic E-state index is 11.8. The predicted octanol–water partition coefficient (Wildman–Crippen LogP) is 0.230. The second kappa shape index (κ2) is 5.69. The van der Waals surface area contributed by atoms with E-state index in [-0.39, 0.29) is 30.2 Å². The van der Waals surface area contributed by atoms with Gasteiger partial charge in [0.15, 0.2) is 0 Å². The lowest BCUT2D eigenvalue weighted by Crippen LogP contribution is -2.59. The van der Waals surface area contributed by atoms with Gasteiger partial charge in [0.2, 0.25) is 5.91 Å². The first kappa shape index (κ1) is 14.3. The number of nitrogens with one attached hydrogen (secondary N) is 2. The van der Waals surface area contributed by atoms with Crippen molar-refractivity contribution in [3.05, 3.63) is 0 Å². The normalized spacial score (nSPS) is 22.2. The van der Waals surface area contributed by atoms with Crippen molar-refractivity contribution in [2.45, 2.75) is 31.2 Å². The first-order valence-corrected chi connectivity index (χ1v) is 5.79. The lowest BCUT2D eigenvalue weighted by Gasteiger charge is -2.32. The van der Waals surface area contributed by atoms with E-state index in [9.17, 15) is 9.59 Å². The van der Waals surface area contributed by atoms with Gasteiger partial charge in [-0.2, -0.15) is 0 Å². The number of ether oxygens (including phenoxy) is 1. The zero-order valence-electron chi connectivity index (χ0n) is 9.95. The number of carbonyl (C=O) groups is 2. The third-order valence-electron chi connectivity index (χ3n) is 3.55. The Bertz CT molecular complexity index is 299. The van der Waals surface area contributed by atoms with E-state index in [0.29, 0.717) is 25.9 Å². The molecule has 1 aliphatic carbocycles. The van der Waals surface area contributed by atoms with Gasteiger partial charge in [-0.05, 0) is 12.8 Å². The molecule has 0 unspecified atom stereocenters. The standard InChI is InChI=1S/C11H18N2O3.ClH/c1-16-10(15)11(4-2-3-5-11)13-9(14)8-6-12-7-8;/h8,12H,2-7H2,1H3,(H,13,14);1H. The Hall–Kier alpha value is -0.810. The molecule has 0 aromatic carbocycles. The van der Waals surface area contributed by atoms with Crippen molar-refractivity contribution >= 4 is 24.3 Å². The number of halogens is 1. The molecule has 2 aliphatic rings. The van der Waals surface area contributed by atoms with Crippen LogP contribution in [0.1, 0.15) is 25.7 Å². The van der Waals surface area contributed by atoms with E-state index in [1.54, 1.807) is 0 Å². The minimum atomic E-state index is -0.749. The van der Waals surface area contributed by atoms with Gasteiger partial charge < -0.3 is 15.4 Å². The largest absolute Gasteiger partial charge is 0.467 e. The van der Waals surface area contributed by atoms with E-state index in [1.165, 1.54) is 7.11 Å². The molecule has 1 aliphatic heterocycles. The van der Waals surface area contributed by atoms with Crippen molar-refractivity contribution in [3.63, 3.8) is 0 Å². The van der Waals surface area contributed by atoms with Gasteiger partial charge in [0.05, 0.1) is 13.0 Å². The second-order valence-electron chi connectivity index (χ2n) is 4.63. The highest BCUT2D eigenvalue weighted by molar-refractivity contribution is 5.89. The molecular formula is C11H19ClN2O3. The Labute approximate surface area is 107 Å². The fourth-order valence-corrected chi connectivity index (χ4v) is 2.37. The molecule has 1 saturated carbocycles. The molecule has 0 bridgehead atoms. The number of amides is 1. The summed E-state index contributed by atoms with van der Waals surface area (Å²) in [7, 11) is 1.37. The van der Waals surface area contributed by atoms with Crippen LogP contribution >= 0.6 is 12.4 Å². The van der Waals surface area contributed by atoms with Crippen molar-refractivity contribution < 1.29 is 14.3 Å². The number of hydrogen-bond donors (Lipinski definition) is 2. The second-order valence-corrected chi connectivity index (χ2v) is 4.63. The molecule has 17 heavy (non-hydrogen) atoms. The maximum absolute atomic E-state index is 11.8. The Morgan fingerprint density at radius 2 is 1.88 bits per heavy atom. The molecule has 2 N–H and O–H groups in total. The van der Waals surface area contributed by atoms with Gasteiger partial charge in [-0.15, -0.1) is 12.4 Å². The van der Waals surface area contributed by atoms with Crippen LogP contribution in [0.3, 0.4) is 0 Å². The topological polar surface area (TPSA) is 67.4 Å². The third-order valence-corrected chi connectivity index (χ3v) is 3.55. The van der Waals surface area contributed by atoms with Crippen LogP contribution in [0.4, 0.5) is 0 Å². The molecule has 6 heteroatoms. The number of methoxy groups -OCH3 is 1. The third kappa shape index (κ3) is 2.72. The molecule has 0 atom stereocenters. The lowest BCUT2D eigenvalue weighted by atomic mass is 9.94. The number of hydrogen-bond acceptors (Lipinski definition) is 4. The molecule has 1 amide bonds. The van der Waals surface area contributed by atoms with Crippen LogP contribution < -0.4 is 10.6 Å². The van der Waals surface area contributed by atoms with Gasteiger partial charge in [-0.25, -0.2) is 4.79 Å². The summed E-state index contributed by atoms with van der Waals surface area (Å²) in [4.78, 5) is 23.6. The molecule has 1 saturated heterocycles. The van der Waals surface area contributed by atoms with Gasteiger partial charge in [-0.1, -0.05) is 12.8 Å². The summed E-state index contributed by atoms with van der Waals surface area (Å²) in [6.45, 7) is 1.42. The van der Waals surface area contributed by atoms with Crippen LogP contribution in [-0.4, -0.2) is 37.6 Å². The monoisotopic (exact) mass is 262 g/mol. The Balaban J connectivity index is 0.00000144. The summed E-state index contributed by atoms with van der Waals surface area (Å²) in [6, 6.07) is 0. The predicted molar refractivity (Wildman–Crippen MR) is 65.0 cm³/mol. The number of esters is 1. The summed E-state index contributed by atoms with van der Waals surface area (Å²) in [5.74, 6) is -0.307. The van der Waals surface area contributed by atoms with E-state index in [1.807, 2.05) is 0 Å². The van der Waals surface area contributed by atoms with Crippen molar-refractivity contribution in [2.24, 2.45) is 5.92 Å². The van der Waals surface area contributed by atoms with Gasteiger partial charge in [0.1, 0.15) is 5.54 Å². The van der Waals surface area contributed by atoms with E-state index in [4.69, 9.17) is 4.74 Å². The van der Waals surface area contributed by atoms with Gasteiger partial charge in [0.25, 0.3) is 0 Å². The molecule has 2 rings (SSSR count). The number of carbonyl (C=O) groups excluding carboxylic acids is 2. The molecule has 98 valence electrons. The highest BCUT2D eigenvalue weighted by Gasteiger charge is 2.44. The van der Waals surface area contributed by atoms with Crippen molar-refractivity contribution in [2.75, 3.05) is 20.2 Å². The first-order valence-electron chi connectivity index (χ1n) is 5.79. The fraction of sp³-hybridized carbons (Fsp3) is 0.818. The van der Waals surface area contributed by atoms with Crippen LogP contribution in [0.25, 0.3) is 0 Å². The summed E-state index contributed by atoms with van der Waals surface area (Å²) < 4.78 is 4.80. The van der Waals surface area contributed by atoms with Crippen LogP contribution in [0.15, 0.2) is 0 Å². The zero-order chi connectivity index (χ0) is 11.6. The van der Waals surface area contributed by atoms with Crippen molar-refractivity contribution in [1.29, 1.82) is 0 Å². The molecule has 2 fully saturated rings. The average Bonchev–Trinajstić information content (AvgIpc) is 2.63. The first-order chi connectivity index (χ1) is 7.68. The summed E-state index contributed by atoms with van der Waals surface area (Å²) >= 11 is 0. The highest BCUT2D eigenvalue weighted by atomic mass is 35.5. The quantitative estimate of drug-likeness (QED) is 0.715. The van der Waals surface area contributed by atoms with E-state index in [0.717, 1.165) is 12.8 Å². The van der Waals surface area contributed by atoms with Gasteiger partial charge in [-0.3, -0.25) is 4.79 Å².